The van der Waals surface area contributed by atoms with Crippen LogP contribution in [-0.4, -0.2) is 13.1 Å². The lowest BCUT2D eigenvalue weighted by Gasteiger charge is -1.80. The Kier molecular flexibility index (Phi) is 14.1. The first-order valence-electron chi connectivity index (χ1n) is 3.73. The third-order valence-corrected chi connectivity index (χ3v) is 0.906. The van der Waals surface area contributed by atoms with Gasteiger partial charge in [0.15, 0.2) is 0 Å². The summed E-state index contributed by atoms with van der Waals surface area (Å²) in [6, 6.07) is 0. The van der Waals surface area contributed by atoms with E-state index < -0.39 is 0 Å². The molecule has 0 spiro atoms. The predicted molar refractivity (Wildman–Crippen MR) is 47.8 cm³/mol. The van der Waals surface area contributed by atoms with Crippen LogP contribution in [0.25, 0.3) is 0 Å². The van der Waals surface area contributed by atoms with Gasteiger partial charge in [-0.05, 0) is 19.9 Å². The normalized spacial score (nSPS) is 8.00. The summed E-state index contributed by atoms with van der Waals surface area (Å²) in [6.07, 6.45) is 2.39. The fraction of sp³-hybridized carbons (Fsp3) is 0.750. The van der Waals surface area contributed by atoms with E-state index in [1.54, 1.807) is 0 Å². The van der Waals surface area contributed by atoms with Crippen LogP contribution in [0.2, 0.25) is 0 Å². The third kappa shape index (κ3) is 25.4. The highest BCUT2D eigenvalue weighted by Gasteiger charge is 1.68. The van der Waals surface area contributed by atoms with Crippen LogP contribution in [0.5, 0.6) is 0 Å². The lowest BCUT2D eigenvalue weighted by Crippen LogP contribution is -1.97. The molecule has 0 saturated heterocycles. The van der Waals surface area contributed by atoms with Gasteiger partial charge in [-0.1, -0.05) is 25.5 Å². The Hall–Kier alpha value is -0.340. The molecule has 0 aromatic carbocycles. The summed E-state index contributed by atoms with van der Waals surface area (Å²) in [5.74, 6) is 0. The molecule has 0 fully saturated rings. The maximum Gasteiger partial charge on any atom is 0.0131 e. The summed E-state index contributed by atoms with van der Waals surface area (Å²) >= 11 is 0. The molecule has 0 radical (unpaired) electrons. The summed E-state index contributed by atoms with van der Waals surface area (Å²) in [5.41, 5.74) is 11.2. The first-order chi connectivity index (χ1) is 4.68. The molecule has 0 aliphatic rings. The van der Waals surface area contributed by atoms with Gasteiger partial charge in [0.25, 0.3) is 0 Å². The van der Waals surface area contributed by atoms with Gasteiger partial charge in [0, 0.05) is 6.54 Å². The molecule has 0 atom stereocenters. The topological polar surface area (TPSA) is 52.0 Å². The molecule has 0 heterocycles. The Morgan fingerprint density at radius 1 is 1.40 bits per heavy atom. The Labute approximate surface area is 64.3 Å². The minimum absolute atomic E-state index is 0.611. The van der Waals surface area contributed by atoms with Crippen molar-refractivity contribution < 1.29 is 0 Å². The predicted octanol–water partition coefficient (Wildman–Crippen LogP) is 1.27. The van der Waals surface area contributed by atoms with E-state index in [0.29, 0.717) is 6.54 Å². The Morgan fingerprint density at radius 3 is 1.80 bits per heavy atom. The van der Waals surface area contributed by atoms with Crippen LogP contribution >= 0.6 is 0 Å². The largest absolute Gasteiger partial charge is 0.330 e. The van der Waals surface area contributed by atoms with E-state index >= 15 is 0 Å². The highest BCUT2D eigenvalue weighted by Crippen LogP contribution is 1.77. The number of unbranched alkanes of at least 4 members (excludes halogenated alkanes) is 1. The smallest absolute Gasteiger partial charge is 0.0131 e. The van der Waals surface area contributed by atoms with E-state index in [2.05, 4.69) is 13.5 Å². The maximum absolute atomic E-state index is 5.14. The minimum atomic E-state index is 0.611. The molecule has 0 rings (SSSR count). The van der Waals surface area contributed by atoms with Crippen molar-refractivity contribution in [1.82, 2.24) is 0 Å². The van der Waals surface area contributed by atoms with Crippen molar-refractivity contribution in [2.24, 2.45) is 11.5 Å². The molecule has 10 heavy (non-hydrogen) atoms. The average Bonchev–Trinajstić information content (AvgIpc) is 1.91. The quantitative estimate of drug-likeness (QED) is 0.586. The van der Waals surface area contributed by atoms with Gasteiger partial charge < -0.3 is 11.5 Å². The van der Waals surface area contributed by atoms with Gasteiger partial charge in [0.1, 0.15) is 0 Å². The van der Waals surface area contributed by atoms with Gasteiger partial charge in [-0.15, -0.1) is 0 Å². The molecule has 0 aliphatic carbocycles. The Morgan fingerprint density at radius 2 is 1.80 bits per heavy atom. The fourth-order valence-corrected chi connectivity index (χ4v) is 0.204. The summed E-state index contributed by atoms with van der Waals surface area (Å²) in [6.45, 7) is 9.04. The van der Waals surface area contributed by atoms with Crippen LogP contribution < -0.4 is 11.5 Å². The van der Waals surface area contributed by atoms with Crippen molar-refractivity contribution in [2.75, 3.05) is 13.1 Å². The van der Waals surface area contributed by atoms with E-state index in [1.807, 2.05) is 6.92 Å². The molecule has 4 N–H and O–H groups in total. The highest BCUT2D eigenvalue weighted by atomic mass is 14.5. The van der Waals surface area contributed by atoms with Crippen molar-refractivity contribution in [3.8, 4) is 0 Å². The second-order valence-corrected chi connectivity index (χ2v) is 2.30. The zero-order valence-electron chi connectivity index (χ0n) is 7.19. The lowest BCUT2D eigenvalue weighted by molar-refractivity contribution is 0.807. The molecule has 0 aromatic heterocycles. The first kappa shape index (κ1) is 12.3. The zero-order valence-corrected chi connectivity index (χ0v) is 7.19. The molecule has 0 aliphatic heterocycles. The molecule has 0 aromatic rings. The molecule has 2 nitrogen and oxygen atoms in total. The highest BCUT2D eigenvalue weighted by molar-refractivity contribution is 4.88. The Bertz CT molecular complexity index is 67.7. The van der Waals surface area contributed by atoms with Crippen LogP contribution in [0.1, 0.15) is 26.7 Å². The molecule has 62 valence electrons. The number of hydrogen-bond acceptors (Lipinski definition) is 2. The van der Waals surface area contributed by atoms with Gasteiger partial charge in [-0.2, -0.15) is 0 Å². The van der Waals surface area contributed by atoms with E-state index in [-0.39, 0.29) is 0 Å². The molecule has 0 bridgehead atoms. The Balaban J connectivity index is 0. The summed E-state index contributed by atoms with van der Waals surface area (Å²) in [5, 5.41) is 0. The standard InChI is InChI=1S/C4H9N.C4H11N/c1-4(2)3-5;1-2-3-4-5/h1,3,5H2,2H3;2-5H2,1H3. The van der Waals surface area contributed by atoms with Crippen molar-refractivity contribution in [3.05, 3.63) is 12.2 Å². The van der Waals surface area contributed by atoms with Crippen LogP contribution in [-0.2, 0) is 0 Å². The average molecular weight is 144 g/mol. The van der Waals surface area contributed by atoms with Crippen LogP contribution in [0.15, 0.2) is 12.2 Å². The minimum Gasteiger partial charge on any atom is -0.330 e. The van der Waals surface area contributed by atoms with E-state index in [0.717, 1.165) is 12.1 Å². The second kappa shape index (κ2) is 11.5. The fourth-order valence-electron chi connectivity index (χ4n) is 0.204. The first-order valence-corrected chi connectivity index (χ1v) is 3.73. The zero-order chi connectivity index (χ0) is 8.41. The van der Waals surface area contributed by atoms with E-state index in [1.165, 1.54) is 12.8 Å². The second-order valence-electron chi connectivity index (χ2n) is 2.30. The van der Waals surface area contributed by atoms with Crippen LogP contribution in [0.4, 0.5) is 0 Å². The van der Waals surface area contributed by atoms with Crippen molar-refractivity contribution >= 4 is 0 Å². The van der Waals surface area contributed by atoms with E-state index in [4.69, 9.17) is 11.5 Å². The van der Waals surface area contributed by atoms with Gasteiger partial charge in [0.2, 0.25) is 0 Å². The van der Waals surface area contributed by atoms with E-state index in [9.17, 15) is 0 Å². The van der Waals surface area contributed by atoms with Crippen molar-refractivity contribution in [1.29, 1.82) is 0 Å². The molecular weight excluding hydrogens is 124 g/mol. The maximum atomic E-state index is 5.14. The SMILES string of the molecule is C=C(C)CN.CCCCN. The van der Waals surface area contributed by atoms with Gasteiger partial charge in [-0.3, -0.25) is 0 Å². The van der Waals surface area contributed by atoms with Crippen LogP contribution in [0, 0.1) is 0 Å². The van der Waals surface area contributed by atoms with Crippen molar-refractivity contribution in [2.45, 2.75) is 26.7 Å². The molecule has 0 saturated carbocycles. The summed E-state index contributed by atoms with van der Waals surface area (Å²) < 4.78 is 0. The third-order valence-electron chi connectivity index (χ3n) is 0.906. The molecule has 2 heteroatoms. The molecule has 0 unspecified atom stereocenters. The summed E-state index contributed by atoms with van der Waals surface area (Å²) in [4.78, 5) is 0. The lowest BCUT2D eigenvalue weighted by atomic mass is 10.3. The molecular formula is C8H20N2. The van der Waals surface area contributed by atoms with Gasteiger partial charge in [-0.25, -0.2) is 0 Å². The molecule has 0 amide bonds. The van der Waals surface area contributed by atoms with Crippen LogP contribution in [0.3, 0.4) is 0 Å². The number of nitrogens with two attached hydrogens (primary N) is 2. The summed E-state index contributed by atoms with van der Waals surface area (Å²) in [7, 11) is 0. The van der Waals surface area contributed by atoms with Gasteiger partial charge >= 0.3 is 0 Å². The number of hydrogen-bond donors (Lipinski definition) is 2. The van der Waals surface area contributed by atoms with Crippen molar-refractivity contribution in [3.63, 3.8) is 0 Å². The number of rotatable bonds is 3. The van der Waals surface area contributed by atoms with Gasteiger partial charge in [0.05, 0.1) is 0 Å². The monoisotopic (exact) mass is 144 g/mol.